The van der Waals surface area contributed by atoms with E-state index in [1.165, 1.54) is 6.26 Å². The van der Waals surface area contributed by atoms with Crippen molar-refractivity contribution in [2.75, 3.05) is 6.61 Å². The van der Waals surface area contributed by atoms with Crippen molar-refractivity contribution in [1.29, 1.82) is 5.26 Å². The van der Waals surface area contributed by atoms with Gasteiger partial charge in [0.1, 0.15) is 34.6 Å². The van der Waals surface area contributed by atoms with Crippen LogP contribution >= 0.6 is 0 Å². The normalized spacial score (nSPS) is 10.2. The molecule has 0 saturated carbocycles. The second kappa shape index (κ2) is 5.37. The van der Waals surface area contributed by atoms with Gasteiger partial charge >= 0.3 is 0 Å². The van der Waals surface area contributed by atoms with Crippen LogP contribution < -0.4 is 10.2 Å². The topological polar surface area (TPSA) is 63.2 Å². The predicted octanol–water partition coefficient (Wildman–Crippen LogP) is 2.84. The standard InChI is InChI=1S/C14H13NO3/c1-2-3-7-17-11-5-4-6-12-13(11)14(16)10(8-15)9-18-12/h4-6,9H,2-3,7H2,1H3. The van der Waals surface area contributed by atoms with E-state index in [9.17, 15) is 4.79 Å². The molecule has 0 amide bonds. The molecule has 2 aromatic rings. The highest BCUT2D eigenvalue weighted by atomic mass is 16.5. The van der Waals surface area contributed by atoms with E-state index >= 15 is 0 Å². The fraction of sp³-hybridized carbons (Fsp3) is 0.286. The van der Waals surface area contributed by atoms with E-state index in [0.717, 1.165) is 12.8 Å². The van der Waals surface area contributed by atoms with Crippen LogP contribution in [0.5, 0.6) is 5.75 Å². The van der Waals surface area contributed by atoms with Gasteiger partial charge in [0.25, 0.3) is 0 Å². The van der Waals surface area contributed by atoms with E-state index in [-0.39, 0.29) is 11.0 Å². The Labute approximate surface area is 104 Å². The van der Waals surface area contributed by atoms with Crippen molar-refractivity contribution in [3.05, 3.63) is 40.2 Å². The molecule has 0 aliphatic heterocycles. The maximum atomic E-state index is 12.1. The van der Waals surface area contributed by atoms with E-state index in [4.69, 9.17) is 14.4 Å². The highest BCUT2D eigenvalue weighted by Crippen LogP contribution is 2.23. The minimum absolute atomic E-state index is 0.00552. The van der Waals surface area contributed by atoms with Gasteiger partial charge in [0.05, 0.1) is 6.61 Å². The van der Waals surface area contributed by atoms with Gasteiger partial charge in [0.2, 0.25) is 5.43 Å². The molecule has 4 heteroatoms. The molecule has 1 heterocycles. The van der Waals surface area contributed by atoms with Gasteiger partial charge in [-0.15, -0.1) is 0 Å². The Balaban J connectivity index is 2.53. The summed E-state index contributed by atoms with van der Waals surface area (Å²) in [5.74, 6) is 0.479. The maximum Gasteiger partial charge on any atom is 0.214 e. The molecule has 18 heavy (non-hydrogen) atoms. The number of unbranched alkanes of at least 4 members (excludes halogenated alkanes) is 1. The summed E-state index contributed by atoms with van der Waals surface area (Å²) >= 11 is 0. The van der Waals surface area contributed by atoms with Crippen LogP contribution in [0.25, 0.3) is 11.0 Å². The molecule has 1 aromatic heterocycles. The number of hydrogen-bond acceptors (Lipinski definition) is 4. The van der Waals surface area contributed by atoms with Crippen LogP contribution in [0.3, 0.4) is 0 Å². The first-order valence-corrected chi connectivity index (χ1v) is 5.85. The van der Waals surface area contributed by atoms with Crippen LogP contribution in [0.15, 0.2) is 33.7 Å². The quantitative estimate of drug-likeness (QED) is 0.774. The molecule has 0 aliphatic carbocycles. The number of nitrogens with zero attached hydrogens (tertiary/aromatic N) is 1. The van der Waals surface area contributed by atoms with Gasteiger partial charge in [-0.3, -0.25) is 4.79 Å². The van der Waals surface area contributed by atoms with Crippen molar-refractivity contribution in [2.45, 2.75) is 19.8 Å². The zero-order chi connectivity index (χ0) is 13.0. The zero-order valence-corrected chi connectivity index (χ0v) is 10.1. The van der Waals surface area contributed by atoms with Crippen LogP contribution in [-0.2, 0) is 0 Å². The van der Waals surface area contributed by atoms with Crippen LogP contribution in [-0.4, -0.2) is 6.61 Å². The molecule has 0 radical (unpaired) electrons. The lowest BCUT2D eigenvalue weighted by molar-refractivity contribution is 0.312. The Kier molecular flexibility index (Phi) is 3.63. The Bertz CT molecular complexity index is 652. The maximum absolute atomic E-state index is 12.1. The summed E-state index contributed by atoms with van der Waals surface area (Å²) in [6, 6.07) is 6.99. The van der Waals surface area contributed by atoms with Gasteiger partial charge in [0, 0.05) is 0 Å². The molecule has 2 rings (SSSR count). The van der Waals surface area contributed by atoms with E-state index in [1.807, 2.05) is 6.07 Å². The molecular formula is C14H13NO3. The Morgan fingerprint density at radius 2 is 2.28 bits per heavy atom. The number of nitriles is 1. The van der Waals surface area contributed by atoms with Gasteiger partial charge in [-0.2, -0.15) is 5.26 Å². The molecule has 0 bridgehead atoms. The minimum atomic E-state index is -0.342. The van der Waals surface area contributed by atoms with Crippen molar-refractivity contribution in [2.24, 2.45) is 0 Å². The molecule has 0 fully saturated rings. The summed E-state index contributed by atoms with van der Waals surface area (Å²) < 4.78 is 10.8. The summed E-state index contributed by atoms with van der Waals surface area (Å²) in [5, 5.41) is 9.17. The molecule has 0 N–H and O–H groups in total. The molecule has 0 spiro atoms. The number of rotatable bonds is 4. The molecule has 0 atom stereocenters. The third-order valence-corrected chi connectivity index (χ3v) is 2.64. The summed E-state index contributed by atoms with van der Waals surface area (Å²) in [7, 11) is 0. The average Bonchev–Trinajstić information content (AvgIpc) is 2.39. The Morgan fingerprint density at radius 1 is 1.44 bits per heavy atom. The Hall–Kier alpha value is -2.28. The summed E-state index contributed by atoms with van der Waals surface area (Å²) in [4.78, 5) is 12.1. The first-order chi connectivity index (χ1) is 8.77. The fourth-order valence-corrected chi connectivity index (χ4v) is 1.67. The van der Waals surface area contributed by atoms with Crippen molar-refractivity contribution in [1.82, 2.24) is 0 Å². The lowest BCUT2D eigenvalue weighted by Gasteiger charge is -2.07. The van der Waals surface area contributed by atoms with E-state index in [0.29, 0.717) is 23.3 Å². The molecular weight excluding hydrogens is 230 g/mol. The third kappa shape index (κ3) is 2.21. The van der Waals surface area contributed by atoms with Crippen LogP contribution in [0.4, 0.5) is 0 Å². The van der Waals surface area contributed by atoms with Crippen LogP contribution in [0, 0.1) is 11.3 Å². The fourth-order valence-electron chi connectivity index (χ4n) is 1.67. The first kappa shape index (κ1) is 12.2. The second-order valence-electron chi connectivity index (χ2n) is 3.92. The van der Waals surface area contributed by atoms with Crippen molar-refractivity contribution >= 4 is 11.0 Å². The molecule has 0 saturated heterocycles. The van der Waals surface area contributed by atoms with Crippen molar-refractivity contribution in [3.63, 3.8) is 0 Å². The smallest absolute Gasteiger partial charge is 0.214 e. The van der Waals surface area contributed by atoms with Crippen LogP contribution in [0.2, 0.25) is 0 Å². The molecule has 92 valence electrons. The molecule has 1 aromatic carbocycles. The van der Waals surface area contributed by atoms with Crippen molar-refractivity contribution < 1.29 is 9.15 Å². The number of fused-ring (bicyclic) bond motifs is 1. The third-order valence-electron chi connectivity index (χ3n) is 2.64. The van der Waals surface area contributed by atoms with Gasteiger partial charge in [-0.05, 0) is 18.6 Å². The molecule has 0 unspecified atom stereocenters. The SMILES string of the molecule is CCCCOc1cccc2occ(C#N)c(=O)c12. The minimum Gasteiger partial charge on any atom is -0.493 e. The second-order valence-corrected chi connectivity index (χ2v) is 3.92. The van der Waals surface area contributed by atoms with E-state index in [1.54, 1.807) is 18.2 Å². The van der Waals surface area contributed by atoms with E-state index in [2.05, 4.69) is 6.92 Å². The largest absolute Gasteiger partial charge is 0.493 e. The van der Waals surface area contributed by atoms with E-state index < -0.39 is 0 Å². The van der Waals surface area contributed by atoms with Gasteiger partial charge in [0.15, 0.2) is 0 Å². The number of ether oxygens (including phenoxy) is 1. The summed E-state index contributed by atoms with van der Waals surface area (Å²) in [6.45, 7) is 2.61. The first-order valence-electron chi connectivity index (χ1n) is 5.85. The van der Waals surface area contributed by atoms with Gasteiger partial charge < -0.3 is 9.15 Å². The highest BCUT2D eigenvalue weighted by Gasteiger charge is 2.11. The lowest BCUT2D eigenvalue weighted by Crippen LogP contribution is -2.08. The number of benzene rings is 1. The predicted molar refractivity (Wildman–Crippen MR) is 67.6 cm³/mol. The summed E-state index contributed by atoms with van der Waals surface area (Å²) in [5.41, 5.74) is 0.0906. The van der Waals surface area contributed by atoms with Gasteiger partial charge in [-0.1, -0.05) is 19.4 Å². The number of hydrogen-bond donors (Lipinski definition) is 0. The van der Waals surface area contributed by atoms with Gasteiger partial charge in [-0.25, -0.2) is 0 Å². The zero-order valence-electron chi connectivity index (χ0n) is 10.1. The van der Waals surface area contributed by atoms with Crippen molar-refractivity contribution in [3.8, 4) is 11.8 Å². The monoisotopic (exact) mass is 243 g/mol. The molecule has 4 nitrogen and oxygen atoms in total. The molecule has 0 aliphatic rings. The Morgan fingerprint density at radius 3 is 3.00 bits per heavy atom. The average molecular weight is 243 g/mol. The lowest BCUT2D eigenvalue weighted by atomic mass is 10.1. The summed E-state index contributed by atoms with van der Waals surface area (Å²) in [6.07, 6.45) is 3.11. The highest BCUT2D eigenvalue weighted by molar-refractivity contribution is 5.84. The van der Waals surface area contributed by atoms with Crippen LogP contribution in [0.1, 0.15) is 25.3 Å².